The molecule has 2 aromatic heterocycles. The van der Waals surface area contributed by atoms with E-state index in [1.165, 1.54) is 23.7 Å². The predicted octanol–water partition coefficient (Wildman–Crippen LogP) is 3.60. The molecule has 0 fully saturated rings. The van der Waals surface area contributed by atoms with Crippen LogP contribution in [0, 0.1) is 5.82 Å². The Hall–Kier alpha value is -2.93. The van der Waals surface area contributed by atoms with Gasteiger partial charge in [0.05, 0.1) is 16.6 Å². The lowest BCUT2D eigenvalue weighted by atomic mass is 10.1. The van der Waals surface area contributed by atoms with Gasteiger partial charge in [0.1, 0.15) is 5.82 Å². The summed E-state index contributed by atoms with van der Waals surface area (Å²) < 4.78 is 18.6. The Balaban J connectivity index is 2.23. The van der Waals surface area contributed by atoms with Gasteiger partial charge in [0.25, 0.3) is 5.56 Å². The summed E-state index contributed by atoms with van der Waals surface area (Å²) in [7, 11) is 3.09. The van der Waals surface area contributed by atoms with E-state index in [1.807, 2.05) is 28.8 Å². The summed E-state index contributed by atoms with van der Waals surface area (Å²) in [5.74, 6) is -0.346. The van der Waals surface area contributed by atoms with Crippen LogP contribution in [0.1, 0.15) is 0 Å². The van der Waals surface area contributed by atoms with Gasteiger partial charge in [-0.25, -0.2) is 9.18 Å². The third-order valence-corrected chi connectivity index (χ3v) is 5.36. The first kappa shape index (κ1) is 17.5. The zero-order valence-electron chi connectivity index (χ0n) is 14.6. The number of nitrogens with zero attached hydrogens (tertiary/aromatic N) is 3. The van der Waals surface area contributed by atoms with E-state index in [4.69, 9.17) is 0 Å². The van der Waals surface area contributed by atoms with Crippen molar-refractivity contribution in [3.63, 3.8) is 0 Å². The lowest BCUT2D eigenvalue weighted by Crippen LogP contribution is -2.36. The lowest BCUT2D eigenvalue weighted by molar-refractivity contribution is 0.627. The van der Waals surface area contributed by atoms with Crippen molar-refractivity contribution in [2.24, 2.45) is 14.1 Å². The first-order valence-corrected chi connectivity index (χ1v) is 9.01. The number of hydrogen-bond acceptors (Lipinski definition) is 2. The molecule has 0 amide bonds. The second kappa shape index (κ2) is 6.35. The second-order valence-electron chi connectivity index (χ2n) is 6.27. The number of hydrogen-bond donors (Lipinski definition) is 0. The quantitative estimate of drug-likeness (QED) is 0.490. The van der Waals surface area contributed by atoms with Crippen LogP contribution in [0.4, 0.5) is 4.39 Å². The third kappa shape index (κ3) is 2.66. The molecule has 27 heavy (non-hydrogen) atoms. The van der Waals surface area contributed by atoms with Crippen LogP contribution in [0.5, 0.6) is 0 Å². The van der Waals surface area contributed by atoms with Crippen LogP contribution in [0.25, 0.3) is 27.8 Å². The predicted molar refractivity (Wildman–Crippen MR) is 107 cm³/mol. The van der Waals surface area contributed by atoms with Gasteiger partial charge in [-0.15, -0.1) is 0 Å². The van der Waals surface area contributed by atoms with Gasteiger partial charge >= 0.3 is 5.69 Å². The van der Waals surface area contributed by atoms with Crippen molar-refractivity contribution in [2.45, 2.75) is 0 Å². The zero-order valence-corrected chi connectivity index (χ0v) is 16.2. The molecule has 0 atom stereocenters. The number of halogens is 2. The summed E-state index contributed by atoms with van der Waals surface area (Å²) in [5.41, 5.74) is 1.86. The zero-order chi connectivity index (χ0) is 19.3. The molecule has 0 saturated heterocycles. The molecule has 2 aromatic carbocycles. The van der Waals surface area contributed by atoms with Gasteiger partial charge in [0.2, 0.25) is 0 Å². The minimum Gasteiger partial charge on any atom is -0.314 e. The molecule has 0 spiro atoms. The van der Waals surface area contributed by atoms with Crippen LogP contribution in [-0.2, 0) is 14.1 Å². The topological polar surface area (TPSA) is 48.9 Å². The van der Waals surface area contributed by atoms with Gasteiger partial charge in [-0.3, -0.25) is 13.9 Å². The molecule has 7 heteroatoms. The summed E-state index contributed by atoms with van der Waals surface area (Å²) in [6, 6.07) is 13.5. The Bertz CT molecular complexity index is 1300. The average molecular weight is 428 g/mol. The largest absolute Gasteiger partial charge is 0.330 e. The molecule has 0 unspecified atom stereocenters. The second-order valence-corrected chi connectivity index (χ2v) is 7.12. The lowest BCUT2D eigenvalue weighted by Gasteiger charge is -2.11. The molecule has 0 N–H and O–H groups in total. The van der Waals surface area contributed by atoms with Crippen molar-refractivity contribution in [2.75, 3.05) is 0 Å². The maximum absolute atomic E-state index is 13.4. The molecule has 0 aliphatic heterocycles. The van der Waals surface area contributed by atoms with Gasteiger partial charge in [-0.1, -0.05) is 34.1 Å². The molecule has 0 radical (unpaired) electrons. The molecule has 136 valence electrons. The van der Waals surface area contributed by atoms with E-state index in [1.54, 1.807) is 25.4 Å². The summed E-state index contributed by atoms with van der Waals surface area (Å²) in [5, 5.41) is 0.427. The number of aryl methyl sites for hydroxylation is 1. The fourth-order valence-corrected chi connectivity index (χ4v) is 3.74. The highest BCUT2D eigenvalue weighted by molar-refractivity contribution is 9.10. The van der Waals surface area contributed by atoms with Crippen molar-refractivity contribution in [3.05, 3.63) is 85.9 Å². The molecular weight excluding hydrogens is 413 g/mol. The standard InChI is InChI=1S/C20H15BrFN3O2/c1-23-16-11-25(13-9-7-12(22)8-10-13)18(14-5-3-4-6-15(14)21)17(16)19(26)24(2)20(23)27/h3-11H,1-2H3. The molecular formula is C20H15BrFN3O2. The molecule has 2 heterocycles. The van der Waals surface area contributed by atoms with E-state index in [0.717, 1.165) is 14.6 Å². The van der Waals surface area contributed by atoms with Crippen LogP contribution < -0.4 is 11.2 Å². The molecule has 0 aliphatic carbocycles. The van der Waals surface area contributed by atoms with E-state index in [9.17, 15) is 14.0 Å². The van der Waals surface area contributed by atoms with E-state index in [0.29, 0.717) is 22.3 Å². The van der Waals surface area contributed by atoms with Gasteiger partial charge in [-0.05, 0) is 30.3 Å². The fourth-order valence-electron chi connectivity index (χ4n) is 3.26. The van der Waals surface area contributed by atoms with E-state index in [2.05, 4.69) is 15.9 Å². The highest BCUT2D eigenvalue weighted by atomic mass is 79.9. The Morgan fingerprint density at radius 1 is 0.926 bits per heavy atom. The first-order chi connectivity index (χ1) is 12.9. The number of aromatic nitrogens is 3. The van der Waals surface area contributed by atoms with Gasteiger partial charge in [0.15, 0.2) is 0 Å². The van der Waals surface area contributed by atoms with Gasteiger partial charge < -0.3 is 4.57 Å². The summed E-state index contributed by atoms with van der Waals surface area (Å²) in [6.07, 6.45) is 1.74. The molecule has 4 rings (SSSR count). The first-order valence-electron chi connectivity index (χ1n) is 8.22. The van der Waals surface area contributed by atoms with Crippen molar-refractivity contribution in [1.82, 2.24) is 13.7 Å². The molecule has 0 aliphatic rings. The molecule has 0 saturated carbocycles. The Kier molecular flexibility index (Phi) is 4.11. The number of rotatable bonds is 2. The smallest absolute Gasteiger partial charge is 0.314 e. The van der Waals surface area contributed by atoms with Crippen LogP contribution >= 0.6 is 15.9 Å². The van der Waals surface area contributed by atoms with Gasteiger partial charge in [0, 0.05) is 36.0 Å². The third-order valence-electron chi connectivity index (χ3n) is 4.67. The number of benzene rings is 2. The maximum atomic E-state index is 13.4. The summed E-state index contributed by atoms with van der Waals surface area (Å²) in [6.45, 7) is 0. The van der Waals surface area contributed by atoms with Crippen molar-refractivity contribution in [3.8, 4) is 16.9 Å². The highest BCUT2D eigenvalue weighted by Gasteiger charge is 2.21. The van der Waals surface area contributed by atoms with Crippen LogP contribution in [-0.4, -0.2) is 13.7 Å². The number of fused-ring (bicyclic) bond motifs is 1. The van der Waals surface area contributed by atoms with E-state index < -0.39 is 5.69 Å². The van der Waals surface area contributed by atoms with Crippen molar-refractivity contribution in [1.29, 1.82) is 0 Å². The highest BCUT2D eigenvalue weighted by Crippen LogP contribution is 2.35. The van der Waals surface area contributed by atoms with E-state index in [-0.39, 0.29) is 11.4 Å². The SMILES string of the molecule is Cn1c(=O)c2c(-c3ccccc3Br)n(-c3ccc(F)cc3)cc2n(C)c1=O. The Labute approximate surface area is 162 Å². The molecule has 5 nitrogen and oxygen atoms in total. The Morgan fingerprint density at radius 3 is 2.26 bits per heavy atom. The average Bonchev–Trinajstić information content (AvgIpc) is 3.06. The van der Waals surface area contributed by atoms with Crippen LogP contribution in [0.3, 0.4) is 0 Å². The normalized spacial score (nSPS) is 11.3. The molecule has 0 bridgehead atoms. The van der Waals surface area contributed by atoms with Crippen molar-refractivity contribution < 1.29 is 4.39 Å². The maximum Gasteiger partial charge on any atom is 0.330 e. The van der Waals surface area contributed by atoms with Crippen molar-refractivity contribution >= 4 is 26.8 Å². The van der Waals surface area contributed by atoms with Gasteiger partial charge in [-0.2, -0.15) is 0 Å². The summed E-state index contributed by atoms with van der Waals surface area (Å²) in [4.78, 5) is 25.3. The molecule has 4 aromatic rings. The summed E-state index contributed by atoms with van der Waals surface area (Å²) >= 11 is 3.55. The van der Waals surface area contributed by atoms with E-state index >= 15 is 0 Å². The monoisotopic (exact) mass is 427 g/mol. The Morgan fingerprint density at radius 2 is 1.59 bits per heavy atom. The van der Waals surface area contributed by atoms with Crippen LogP contribution in [0.2, 0.25) is 0 Å². The minimum absolute atomic E-state index is 0.346. The fraction of sp³-hybridized carbons (Fsp3) is 0.100. The van der Waals surface area contributed by atoms with Crippen LogP contribution in [0.15, 0.2) is 68.8 Å². The minimum atomic E-state index is -0.401.